The van der Waals surface area contributed by atoms with E-state index in [-0.39, 0.29) is 11.8 Å². The lowest BCUT2D eigenvalue weighted by atomic mass is 9.49. The molecule has 122 valence electrons. The van der Waals surface area contributed by atoms with E-state index < -0.39 is 46.2 Å². The zero-order valence-electron chi connectivity index (χ0n) is 13.3. The van der Waals surface area contributed by atoms with Gasteiger partial charge in [-0.1, -0.05) is 0 Å². The Morgan fingerprint density at radius 3 is 1.50 bits per heavy atom. The molecule has 4 rings (SSSR count). The Hall–Kier alpha value is -1.14. The molecule has 0 aromatic rings. The lowest BCUT2D eigenvalue weighted by Gasteiger charge is -2.47. The average Bonchev–Trinajstić information content (AvgIpc) is 2.96. The van der Waals surface area contributed by atoms with Gasteiger partial charge in [-0.3, -0.25) is 9.59 Å². The minimum atomic E-state index is -1.09. The molecule has 4 heterocycles. The zero-order valence-corrected chi connectivity index (χ0v) is 13.3. The Bertz CT molecular complexity index is 553. The number of aliphatic carboxylic acids is 2. The highest BCUT2D eigenvalue weighted by Gasteiger charge is 2.85. The van der Waals surface area contributed by atoms with Crippen molar-refractivity contribution in [2.24, 2.45) is 23.7 Å². The first-order chi connectivity index (χ1) is 10.00. The van der Waals surface area contributed by atoms with Gasteiger partial charge in [-0.15, -0.1) is 0 Å². The molecule has 6 nitrogen and oxygen atoms in total. The third kappa shape index (κ3) is 1.23. The van der Waals surface area contributed by atoms with Gasteiger partial charge in [0.1, 0.15) is 11.8 Å². The van der Waals surface area contributed by atoms with Gasteiger partial charge in [-0.2, -0.15) is 0 Å². The molecule has 4 saturated heterocycles. The van der Waals surface area contributed by atoms with E-state index in [9.17, 15) is 19.8 Å². The third-order valence-corrected chi connectivity index (χ3v) is 7.01. The molecule has 0 radical (unpaired) electrons. The van der Waals surface area contributed by atoms with Gasteiger partial charge in [0.25, 0.3) is 0 Å². The molecule has 4 aliphatic rings. The molecule has 8 atom stereocenters. The lowest BCUT2D eigenvalue weighted by Crippen LogP contribution is -2.61. The molecular formula is C16H22O6. The summed E-state index contributed by atoms with van der Waals surface area (Å²) < 4.78 is 12.5. The van der Waals surface area contributed by atoms with E-state index in [1.807, 2.05) is 13.8 Å². The molecule has 4 bridgehead atoms. The van der Waals surface area contributed by atoms with Gasteiger partial charge in [0, 0.05) is 11.8 Å². The maximum absolute atomic E-state index is 11.8. The van der Waals surface area contributed by atoms with E-state index in [0.717, 1.165) is 12.8 Å². The molecular weight excluding hydrogens is 288 g/mol. The van der Waals surface area contributed by atoms with Crippen LogP contribution in [0.15, 0.2) is 0 Å². The molecule has 0 aliphatic carbocycles. The first-order valence-corrected chi connectivity index (χ1v) is 7.86. The van der Waals surface area contributed by atoms with Crippen LogP contribution in [0.2, 0.25) is 0 Å². The maximum Gasteiger partial charge on any atom is 0.310 e. The smallest absolute Gasteiger partial charge is 0.310 e. The fourth-order valence-corrected chi connectivity index (χ4v) is 6.70. The standard InChI is InChI=1S/C16H22O6/c1-13-5-6-14(2,21-13)10-9(13)15(3)7(11(17)18)8(12(19)20)16(10,4)22-15/h7-10H,5-6H2,1-4H3,(H,17,18)(H,19,20)/t7-,8-,9-,10-,13-,14+,15-,16-/m0/s1. The quantitative estimate of drug-likeness (QED) is 0.803. The Morgan fingerprint density at radius 2 is 1.18 bits per heavy atom. The summed E-state index contributed by atoms with van der Waals surface area (Å²) in [7, 11) is 0. The van der Waals surface area contributed by atoms with Crippen LogP contribution < -0.4 is 0 Å². The molecule has 0 aromatic carbocycles. The zero-order chi connectivity index (χ0) is 16.3. The van der Waals surface area contributed by atoms with Crippen LogP contribution in [0.1, 0.15) is 40.5 Å². The third-order valence-electron chi connectivity index (χ3n) is 7.01. The first kappa shape index (κ1) is 14.5. The van der Waals surface area contributed by atoms with Crippen molar-refractivity contribution < 1.29 is 29.3 Å². The average molecular weight is 310 g/mol. The van der Waals surface area contributed by atoms with Gasteiger partial charge in [0.2, 0.25) is 0 Å². The second-order valence-electron chi connectivity index (χ2n) is 8.28. The molecule has 4 fully saturated rings. The number of hydrogen-bond acceptors (Lipinski definition) is 4. The van der Waals surface area contributed by atoms with Gasteiger partial charge in [-0.05, 0) is 40.5 Å². The number of carbonyl (C=O) groups is 2. The van der Waals surface area contributed by atoms with Crippen LogP contribution >= 0.6 is 0 Å². The van der Waals surface area contributed by atoms with Crippen molar-refractivity contribution in [1.29, 1.82) is 0 Å². The summed E-state index contributed by atoms with van der Waals surface area (Å²) in [5.74, 6) is -4.43. The topological polar surface area (TPSA) is 93.1 Å². The van der Waals surface area contributed by atoms with Crippen molar-refractivity contribution in [1.82, 2.24) is 0 Å². The molecule has 0 spiro atoms. The fraction of sp³-hybridized carbons (Fsp3) is 0.875. The summed E-state index contributed by atoms with van der Waals surface area (Å²) in [6.45, 7) is 7.60. The van der Waals surface area contributed by atoms with E-state index in [1.54, 1.807) is 13.8 Å². The highest BCUT2D eigenvalue weighted by Crippen LogP contribution is 2.75. The highest BCUT2D eigenvalue weighted by atomic mass is 16.6. The minimum Gasteiger partial charge on any atom is -0.481 e. The maximum atomic E-state index is 11.8. The van der Waals surface area contributed by atoms with Crippen molar-refractivity contribution in [3.05, 3.63) is 0 Å². The van der Waals surface area contributed by atoms with Crippen LogP contribution in [-0.4, -0.2) is 44.6 Å². The lowest BCUT2D eigenvalue weighted by molar-refractivity contribution is -0.161. The van der Waals surface area contributed by atoms with E-state index in [1.165, 1.54) is 0 Å². The number of ether oxygens (including phenoxy) is 2. The monoisotopic (exact) mass is 310 g/mol. The number of fused-ring (bicyclic) bond motifs is 9. The van der Waals surface area contributed by atoms with Crippen LogP contribution in [0, 0.1) is 23.7 Å². The molecule has 0 saturated carbocycles. The molecule has 4 aliphatic heterocycles. The van der Waals surface area contributed by atoms with Crippen LogP contribution in [0.4, 0.5) is 0 Å². The van der Waals surface area contributed by atoms with Gasteiger partial charge >= 0.3 is 11.9 Å². The minimum absolute atomic E-state index is 0.0829. The van der Waals surface area contributed by atoms with Gasteiger partial charge in [0.05, 0.1) is 22.4 Å². The molecule has 0 unspecified atom stereocenters. The predicted octanol–water partition coefficient (Wildman–Crippen LogP) is 1.52. The van der Waals surface area contributed by atoms with Crippen LogP contribution in [-0.2, 0) is 19.1 Å². The SMILES string of the molecule is C[C@]12O[C@@](C)([C@H](C(=O)O)[C@H]1C(=O)O)[C@H]1[C@H]2[C@@]2(C)CC[C@]1(C)O2. The van der Waals surface area contributed by atoms with Crippen molar-refractivity contribution >= 4 is 11.9 Å². The molecule has 22 heavy (non-hydrogen) atoms. The summed E-state index contributed by atoms with van der Waals surface area (Å²) in [6.07, 6.45) is 1.73. The van der Waals surface area contributed by atoms with Crippen molar-refractivity contribution in [2.75, 3.05) is 0 Å². The number of rotatable bonds is 2. The second kappa shape index (κ2) is 3.51. The molecule has 0 aromatic heterocycles. The van der Waals surface area contributed by atoms with E-state index >= 15 is 0 Å². The van der Waals surface area contributed by atoms with Gasteiger partial charge < -0.3 is 19.7 Å². The van der Waals surface area contributed by atoms with Crippen LogP contribution in [0.25, 0.3) is 0 Å². The highest BCUT2D eigenvalue weighted by molar-refractivity contribution is 5.84. The normalized spacial score (nSPS) is 61.5. The van der Waals surface area contributed by atoms with E-state index in [0.29, 0.717) is 0 Å². The van der Waals surface area contributed by atoms with E-state index in [4.69, 9.17) is 9.47 Å². The largest absolute Gasteiger partial charge is 0.481 e. The van der Waals surface area contributed by atoms with Crippen molar-refractivity contribution in [2.45, 2.75) is 62.9 Å². The van der Waals surface area contributed by atoms with Crippen LogP contribution in [0.3, 0.4) is 0 Å². The Kier molecular flexibility index (Phi) is 2.31. The van der Waals surface area contributed by atoms with E-state index in [2.05, 4.69) is 0 Å². The Labute approximate surface area is 128 Å². The molecule has 0 amide bonds. The number of hydrogen-bond donors (Lipinski definition) is 2. The molecule has 6 heteroatoms. The summed E-state index contributed by atoms with van der Waals surface area (Å²) in [6, 6.07) is 0. The second-order valence-corrected chi connectivity index (χ2v) is 8.28. The number of carboxylic acids is 2. The summed E-state index contributed by atoms with van der Waals surface area (Å²) in [4.78, 5) is 23.7. The Morgan fingerprint density at radius 1 is 0.818 bits per heavy atom. The van der Waals surface area contributed by atoms with Gasteiger partial charge in [-0.25, -0.2) is 0 Å². The number of carboxylic acid groups (broad SMARTS) is 2. The Balaban J connectivity index is 1.93. The summed E-state index contributed by atoms with van der Waals surface area (Å²) in [5, 5.41) is 19.4. The molecule has 2 N–H and O–H groups in total. The summed E-state index contributed by atoms with van der Waals surface area (Å²) in [5.41, 5.74) is -2.85. The van der Waals surface area contributed by atoms with Crippen LogP contribution in [0.5, 0.6) is 0 Å². The van der Waals surface area contributed by atoms with Crippen molar-refractivity contribution in [3.8, 4) is 0 Å². The van der Waals surface area contributed by atoms with Crippen molar-refractivity contribution in [3.63, 3.8) is 0 Å². The fourth-order valence-electron chi connectivity index (χ4n) is 6.70. The van der Waals surface area contributed by atoms with Gasteiger partial charge in [0.15, 0.2) is 0 Å². The predicted molar refractivity (Wildman–Crippen MR) is 74.3 cm³/mol. The first-order valence-electron chi connectivity index (χ1n) is 7.86. The summed E-state index contributed by atoms with van der Waals surface area (Å²) >= 11 is 0.